The maximum atomic E-state index is 13.3. The highest BCUT2D eigenvalue weighted by Crippen LogP contribution is 2.51. The Morgan fingerprint density at radius 1 is 1.06 bits per heavy atom. The van der Waals surface area contributed by atoms with Crippen molar-refractivity contribution in [3.05, 3.63) is 77.5 Å². The van der Waals surface area contributed by atoms with Crippen LogP contribution in [0.4, 0.5) is 0 Å². The number of sulfonamides is 1. The minimum atomic E-state index is -3.24. The second-order valence-electron chi connectivity index (χ2n) is 8.55. The van der Waals surface area contributed by atoms with Crippen LogP contribution < -0.4 is 14.2 Å². The monoisotopic (exact) mass is 466 g/mol. The van der Waals surface area contributed by atoms with Gasteiger partial charge in [-0.25, -0.2) is 13.1 Å². The van der Waals surface area contributed by atoms with Crippen LogP contribution in [0, 0.1) is 0 Å². The van der Waals surface area contributed by atoms with Gasteiger partial charge in [-0.1, -0.05) is 36.4 Å². The zero-order valence-corrected chi connectivity index (χ0v) is 19.0. The standard InChI is InChI=1S/C25H24N2O5S.H2/c1-33(29,30)26-15-17-5-7-18(8-6-17)21-4-2-3-20(27-21)14-24(28)25(11-12-25)19-9-10-22-23(13-19)32-16-31-22;/h2-10,13,26H,11-12,14-16H2,1H3;1H. The van der Waals surface area contributed by atoms with Gasteiger partial charge in [-0.05, 0) is 48.2 Å². The Balaban J connectivity index is 0.00000274. The predicted octanol–water partition coefficient (Wildman–Crippen LogP) is 3.62. The van der Waals surface area contributed by atoms with Crippen molar-refractivity contribution < 1.29 is 24.1 Å². The molecule has 33 heavy (non-hydrogen) atoms. The number of nitrogens with one attached hydrogen (secondary N) is 1. The average molecular weight is 467 g/mol. The normalized spacial score (nSPS) is 15.9. The maximum Gasteiger partial charge on any atom is 0.231 e. The molecule has 1 aromatic heterocycles. The third-order valence-corrected chi connectivity index (χ3v) is 6.81. The van der Waals surface area contributed by atoms with Gasteiger partial charge >= 0.3 is 0 Å². The number of hydrogen-bond acceptors (Lipinski definition) is 6. The van der Waals surface area contributed by atoms with Crippen LogP contribution in [0.1, 0.15) is 31.1 Å². The Kier molecular flexibility index (Phi) is 5.42. The Morgan fingerprint density at radius 2 is 1.82 bits per heavy atom. The van der Waals surface area contributed by atoms with Crippen LogP contribution in [0.25, 0.3) is 11.3 Å². The molecule has 0 atom stereocenters. The second kappa shape index (κ2) is 8.28. The molecule has 172 valence electrons. The Labute approximate surface area is 194 Å². The van der Waals surface area contributed by atoms with Crippen LogP contribution in [0.2, 0.25) is 0 Å². The molecule has 1 aliphatic carbocycles. The highest BCUT2D eigenvalue weighted by molar-refractivity contribution is 7.88. The van der Waals surface area contributed by atoms with Crippen molar-refractivity contribution in [1.29, 1.82) is 0 Å². The van der Waals surface area contributed by atoms with E-state index >= 15 is 0 Å². The number of ether oxygens (including phenoxy) is 2. The van der Waals surface area contributed by atoms with Crippen molar-refractivity contribution in [2.75, 3.05) is 13.0 Å². The van der Waals surface area contributed by atoms with Crippen molar-refractivity contribution in [2.45, 2.75) is 31.2 Å². The van der Waals surface area contributed by atoms with Gasteiger partial charge in [0.05, 0.1) is 17.4 Å². The third-order valence-electron chi connectivity index (χ3n) is 6.15. The zero-order valence-electron chi connectivity index (χ0n) is 18.2. The van der Waals surface area contributed by atoms with Gasteiger partial charge in [0.15, 0.2) is 11.5 Å². The molecule has 8 heteroatoms. The molecule has 2 heterocycles. The van der Waals surface area contributed by atoms with E-state index in [1.165, 1.54) is 0 Å². The van der Waals surface area contributed by atoms with Crippen molar-refractivity contribution >= 4 is 15.8 Å². The number of pyridine rings is 1. The maximum absolute atomic E-state index is 13.3. The molecule has 0 unspecified atom stereocenters. The van der Waals surface area contributed by atoms with Gasteiger partial charge in [-0.3, -0.25) is 9.78 Å². The molecule has 0 bridgehead atoms. The summed E-state index contributed by atoms with van der Waals surface area (Å²) in [6.07, 6.45) is 3.05. The van der Waals surface area contributed by atoms with Crippen LogP contribution >= 0.6 is 0 Å². The Hall–Kier alpha value is -3.23. The van der Waals surface area contributed by atoms with E-state index in [0.717, 1.165) is 52.9 Å². The van der Waals surface area contributed by atoms with Crippen molar-refractivity contribution in [3.63, 3.8) is 0 Å². The second-order valence-corrected chi connectivity index (χ2v) is 10.4. The summed E-state index contributed by atoms with van der Waals surface area (Å²) < 4.78 is 35.9. The van der Waals surface area contributed by atoms with E-state index in [2.05, 4.69) is 4.72 Å². The van der Waals surface area contributed by atoms with E-state index in [1.807, 2.05) is 60.7 Å². The summed E-state index contributed by atoms with van der Waals surface area (Å²) in [7, 11) is -3.24. The number of nitrogens with zero attached hydrogens (tertiary/aromatic N) is 1. The molecule has 0 spiro atoms. The van der Waals surface area contributed by atoms with Gasteiger partial charge in [-0.2, -0.15) is 0 Å². The van der Waals surface area contributed by atoms with Crippen LogP contribution in [-0.2, 0) is 33.2 Å². The topological polar surface area (TPSA) is 94.6 Å². The summed E-state index contributed by atoms with van der Waals surface area (Å²) >= 11 is 0. The highest BCUT2D eigenvalue weighted by Gasteiger charge is 2.50. The lowest BCUT2D eigenvalue weighted by atomic mass is 9.88. The fraction of sp³-hybridized carbons (Fsp3) is 0.280. The van der Waals surface area contributed by atoms with Gasteiger partial charge in [0.1, 0.15) is 5.78 Å². The molecule has 2 aliphatic rings. The molecule has 1 saturated carbocycles. The number of fused-ring (bicyclic) bond motifs is 1. The minimum Gasteiger partial charge on any atom is -0.454 e. The largest absolute Gasteiger partial charge is 0.454 e. The molecule has 1 N–H and O–H groups in total. The summed E-state index contributed by atoms with van der Waals surface area (Å²) in [5.41, 5.74) is 3.78. The van der Waals surface area contributed by atoms with Crippen LogP contribution in [0.15, 0.2) is 60.7 Å². The fourth-order valence-electron chi connectivity index (χ4n) is 4.13. The molecule has 3 aromatic rings. The molecule has 0 amide bonds. The third kappa shape index (κ3) is 4.62. The zero-order chi connectivity index (χ0) is 23.1. The van der Waals surface area contributed by atoms with Crippen molar-refractivity contribution in [3.8, 4) is 22.8 Å². The highest BCUT2D eigenvalue weighted by atomic mass is 32.2. The molecule has 0 radical (unpaired) electrons. The van der Waals surface area contributed by atoms with Gasteiger partial charge in [0, 0.05) is 25.6 Å². The number of rotatable bonds is 8. The number of carbonyl (C=O) groups is 1. The van der Waals surface area contributed by atoms with Gasteiger partial charge in [0.25, 0.3) is 0 Å². The van der Waals surface area contributed by atoms with Crippen LogP contribution in [0.3, 0.4) is 0 Å². The van der Waals surface area contributed by atoms with E-state index in [9.17, 15) is 13.2 Å². The molecule has 7 nitrogen and oxygen atoms in total. The molecular formula is C25H26N2O5S. The summed E-state index contributed by atoms with van der Waals surface area (Å²) in [6.45, 7) is 0.453. The number of benzene rings is 2. The number of Topliss-reactive ketones (excluding diaryl/α,β-unsaturated/α-hetero) is 1. The van der Waals surface area contributed by atoms with E-state index < -0.39 is 15.4 Å². The van der Waals surface area contributed by atoms with E-state index in [0.29, 0.717) is 5.75 Å². The predicted molar refractivity (Wildman–Crippen MR) is 126 cm³/mol. The Bertz CT molecular complexity index is 1320. The van der Waals surface area contributed by atoms with Crippen molar-refractivity contribution in [2.24, 2.45) is 0 Å². The van der Waals surface area contributed by atoms with E-state index in [1.54, 1.807) is 0 Å². The van der Waals surface area contributed by atoms with Crippen molar-refractivity contribution in [1.82, 2.24) is 9.71 Å². The quantitative estimate of drug-likeness (QED) is 0.545. The Morgan fingerprint density at radius 3 is 2.55 bits per heavy atom. The number of ketones is 1. The summed E-state index contributed by atoms with van der Waals surface area (Å²) in [4.78, 5) is 18.0. The first-order valence-corrected chi connectivity index (χ1v) is 12.6. The van der Waals surface area contributed by atoms with Crippen LogP contribution in [-0.4, -0.2) is 32.2 Å². The summed E-state index contributed by atoms with van der Waals surface area (Å²) in [6, 6.07) is 19.0. The number of hydrogen-bond donors (Lipinski definition) is 1. The first kappa shape index (κ1) is 21.6. The lowest BCUT2D eigenvalue weighted by Gasteiger charge is -2.15. The van der Waals surface area contributed by atoms with E-state index in [-0.39, 0.29) is 27.0 Å². The molecular weight excluding hydrogens is 440 g/mol. The first-order valence-electron chi connectivity index (χ1n) is 10.8. The molecule has 1 fully saturated rings. The number of carbonyl (C=O) groups excluding carboxylic acids is 1. The fourth-order valence-corrected chi connectivity index (χ4v) is 4.56. The smallest absolute Gasteiger partial charge is 0.231 e. The molecule has 1 aliphatic heterocycles. The molecule has 2 aromatic carbocycles. The average Bonchev–Trinajstić information content (AvgIpc) is 3.49. The SMILES string of the molecule is CS(=O)(=O)NCc1ccc(-c2cccc(CC(=O)C3(c4ccc5c(c4)OCO5)CC3)n2)cc1.[HH]. The lowest BCUT2D eigenvalue weighted by molar-refractivity contribution is -0.120. The number of aromatic nitrogens is 1. The first-order chi connectivity index (χ1) is 15.8. The molecule has 0 saturated heterocycles. The summed E-state index contributed by atoms with van der Waals surface area (Å²) in [5, 5.41) is 0. The molecule has 5 rings (SSSR count). The minimum absolute atomic E-state index is 0. The van der Waals surface area contributed by atoms with Gasteiger partial charge in [-0.15, -0.1) is 0 Å². The van der Waals surface area contributed by atoms with Gasteiger partial charge in [0.2, 0.25) is 16.8 Å². The summed E-state index contributed by atoms with van der Waals surface area (Å²) in [5.74, 6) is 1.57. The van der Waals surface area contributed by atoms with E-state index in [4.69, 9.17) is 14.5 Å². The van der Waals surface area contributed by atoms with Gasteiger partial charge < -0.3 is 9.47 Å². The lowest BCUT2D eigenvalue weighted by Crippen LogP contribution is -2.23. The van der Waals surface area contributed by atoms with Crippen LogP contribution in [0.5, 0.6) is 11.5 Å².